The van der Waals surface area contributed by atoms with E-state index < -0.39 is 0 Å². The van der Waals surface area contributed by atoms with Gasteiger partial charge >= 0.3 is 0 Å². The molecule has 5 rings (SSSR count). The summed E-state index contributed by atoms with van der Waals surface area (Å²) in [6.45, 7) is 5.45. The quantitative estimate of drug-likeness (QED) is 0.442. The van der Waals surface area contributed by atoms with Crippen molar-refractivity contribution in [1.82, 2.24) is 19.9 Å². The molecule has 37 heavy (non-hydrogen) atoms. The lowest BCUT2D eigenvalue weighted by Gasteiger charge is -2.43. The van der Waals surface area contributed by atoms with Crippen LogP contribution in [0.2, 0.25) is 5.02 Å². The van der Waals surface area contributed by atoms with Gasteiger partial charge in [-0.05, 0) is 62.8 Å². The average molecular weight is 523 g/mol. The third-order valence-corrected chi connectivity index (χ3v) is 7.47. The first-order chi connectivity index (χ1) is 17.8. The zero-order chi connectivity index (χ0) is 26.2. The molecule has 3 heterocycles. The topological polar surface area (TPSA) is 101 Å². The zero-order valence-electron chi connectivity index (χ0n) is 21.3. The number of amides is 1. The summed E-state index contributed by atoms with van der Waals surface area (Å²) >= 11 is 6.46. The molecule has 194 valence electrons. The monoisotopic (exact) mass is 522 g/mol. The van der Waals surface area contributed by atoms with Gasteiger partial charge in [0, 0.05) is 37.3 Å². The molecular weight excluding hydrogens is 492 g/mol. The van der Waals surface area contributed by atoms with Crippen molar-refractivity contribution in [3.63, 3.8) is 0 Å². The number of carbonyl (C=O) groups is 1. The van der Waals surface area contributed by atoms with Crippen LogP contribution in [-0.2, 0) is 4.79 Å². The maximum Gasteiger partial charge on any atom is 0.293 e. The number of ether oxygens (including phenoxy) is 1. The second-order valence-electron chi connectivity index (χ2n) is 9.96. The highest BCUT2D eigenvalue weighted by molar-refractivity contribution is 6.32. The first kappa shape index (κ1) is 25.1. The normalized spacial score (nSPS) is 16.2. The summed E-state index contributed by atoms with van der Waals surface area (Å²) in [5.41, 5.74) is 1.60. The van der Waals surface area contributed by atoms with E-state index in [1.54, 1.807) is 16.8 Å². The number of halogens is 1. The molecule has 10 heteroatoms. The van der Waals surface area contributed by atoms with Gasteiger partial charge in [0.05, 0.1) is 11.7 Å². The molecular formula is C27H31ClN6O3. The lowest BCUT2D eigenvalue weighted by atomic mass is 9.69. The fourth-order valence-electron chi connectivity index (χ4n) is 4.94. The summed E-state index contributed by atoms with van der Waals surface area (Å²) in [5, 5.41) is 7.01. The molecule has 1 saturated heterocycles. The standard InChI is InChI=1S/C27H31ClN6O3/c1-17(2)34-21-6-5-19(13-18(21)14-22(25(34)36)37-16-23(35)29-3)31-24-20(28)15-30-26(32-24)33-11-9-27(10-12-33)7-4-8-27/h4-7,13-15,17H,8-12,16H2,1-3H3,(H,29,35)(H,30,31,32). The van der Waals surface area contributed by atoms with Gasteiger partial charge in [0.25, 0.3) is 11.5 Å². The van der Waals surface area contributed by atoms with Crippen LogP contribution in [0.3, 0.4) is 0 Å². The number of allylic oxidation sites excluding steroid dienone is 2. The molecule has 9 nitrogen and oxygen atoms in total. The molecule has 1 aromatic carbocycles. The number of nitrogens with one attached hydrogen (secondary N) is 2. The van der Waals surface area contributed by atoms with Crippen molar-refractivity contribution < 1.29 is 9.53 Å². The van der Waals surface area contributed by atoms with Gasteiger partial charge < -0.3 is 24.8 Å². The molecule has 2 aliphatic rings. The van der Waals surface area contributed by atoms with Crippen LogP contribution >= 0.6 is 11.6 Å². The van der Waals surface area contributed by atoms with E-state index in [4.69, 9.17) is 21.3 Å². The molecule has 1 amide bonds. The Morgan fingerprint density at radius 2 is 2.00 bits per heavy atom. The second kappa shape index (κ2) is 10.0. The van der Waals surface area contributed by atoms with Gasteiger partial charge in [0.1, 0.15) is 5.02 Å². The lowest BCUT2D eigenvalue weighted by molar-refractivity contribution is -0.122. The molecule has 3 aromatic rings. The molecule has 2 N–H and O–H groups in total. The summed E-state index contributed by atoms with van der Waals surface area (Å²) in [6.07, 6.45) is 9.59. The maximum absolute atomic E-state index is 13.0. The Balaban J connectivity index is 1.42. The average Bonchev–Trinajstić information content (AvgIpc) is 2.87. The Bertz CT molecular complexity index is 1430. The molecule has 0 saturated carbocycles. The van der Waals surface area contributed by atoms with E-state index in [9.17, 15) is 9.59 Å². The van der Waals surface area contributed by atoms with E-state index in [0.29, 0.717) is 22.2 Å². The van der Waals surface area contributed by atoms with Gasteiger partial charge in [-0.3, -0.25) is 9.59 Å². The number of rotatable bonds is 7. The number of pyridine rings is 1. The van der Waals surface area contributed by atoms with Crippen LogP contribution in [0.25, 0.3) is 10.9 Å². The van der Waals surface area contributed by atoms with E-state index in [-0.39, 0.29) is 29.9 Å². The summed E-state index contributed by atoms with van der Waals surface area (Å²) in [7, 11) is 1.52. The molecule has 1 aliphatic heterocycles. The van der Waals surface area contributed by atoms with E-state index in [1.807, 2.05) is 32.0 Å². The zero-order valence-corrected chi connectivity index (χ0v) is 22.0. The minimum atomic E-state index is -0.312. The van der Waals surface area contributed by atoms with Gasteiger partial charge in [0.15, 0.2) is 18.2 Å². The fourth-order valence-corrected chi connectivity index (χ4v) is 5.08. The molecule has 0 atom stereocenters. The predicted molar refractivity (Wildman–Crippen MR) is 146 cm³/mol. The summed E-state index contributed by atoms with van der Waals surface area (Å²) < 4.78 is 7.22. The van der Waals surface area contributed by atoms with Crippen molar-refractivity contribution >= 4 is 45.9 Å². The Hall–Kier alpha value is -3.59. The molecule has 0 radical (unpaired) electrons. The maximum atomic E-state index is 13.0. The number of hydrogen-bond donors (Lipinski definition) is 2. The molecule has 1 fully saturated rings. The molecule has 0 unspecified atom stereocenters. The van der Waals surface area contributed by atoms with Crippen LogP contribution in [0.4, 0.5) is 17.5 Å². The van der Waals surface area contributed by atoms with E-state index >= 15 is 0 Å². The van der Waals surface area contributed by atoms with Crippen LogP contribution in [0, 0.1) is 5.41 Å². The minimum absolute atomic E-state index is 0.102. The molecule has 1 aliphatic carbocycles. The van der Waals surface area contributed by atoms with E-state index in [2.05, 4.69) is 32.7 Å². The first-order valence-electron chi connectivity index (χ1n) is 12.5. The molecule has 1 spiro atoms. The number of nitrogens with zero attached hydrogens (tertiary/aromatic N) is 4. The van der Waals surface area contributed by atoms with Gasteiger partial charge in [-0.25, -0.2) is 4.98 Å². The minimum Gasteiger partial charge on any atom is -0.478 e. The largest absolute Gasteiger partial charge is 0.478 e. The fraction of sp³-hybridized carbons (Fsp3) is 0.407. The van der Waals surface area contributed by atoms with Crippen molar-refractivity contribution in [2.75, 3.05) is 37.0 Å². The van der Waals surface area contributed by atoms with Gasteiger partial charge in [-0.15, -0.1) is 0 Å². The van der Waals surface area contributed by atoms with Crippen LogP contribution in [0.1, 0.15) is 39.2 Å². The Labute approximate surface area is 220 Å². The number of benzene rings is 1. The molecule has 2 aromatic heterocycles. The summed E-state index contributed by atoms with van der Waals surface area (Å²) in [4.78, 5) is 36.1. The number of piperidine rings is 1. The highest BCUT2D eigenvalue weighted by atomic mass is 35.5. The second-order valence-corrected chi connectivity index (χ2v) is 10.4. The number of hydrogen-bond acceptors (Lipinski definition) is 7. The van der Waals surface area contributed by atoms with Gasteiger partial charge in [-0.2, -0.15) is 4.98 Å². The van der Waals surface area contributed by atoms with Crippen molar-refractivity contribution in [1.29, 1.82) is 0 Å². The third-order valence-electron chi connectivity index (χ3n) is 7.19. The van der Waals surface area contributed by atoms with E-state index in [0.717, 1.165) is 42.5 Å². The van der Waals surface area contributed by atoms with Crippen molar-refractivity contribution in [2.24, 2.45) is 5.41 Å². The SMILES string of the molecule is CNC(=O)COc1cc2cc(Nc3nc(N4CCC5(C=CC5)CC4)ncc3Cl)ccc2n(C(C)C)c1=O. The number of fused-ring (bicyclic) bond motifs is 1. The van der Waals surface area contributed by atoms with Crippen LogP contribution in [-0.4, -0.2) is 47.2 Å². The van der Waals surface area contributed by atoms with Gasteiger partial charge in [-0.1, -0.05) is 23.8 Å². The predicted octanol–water partition coefficient (Wildman–Crippen LogP) is 4.44. The highest BCUT2D eigenvalue weighted by Gasteiger charge is 2.36. The van der Waals surface area contributed by atoms with Crippen molar-refractivity contribution in [3.05, 3.63) is 58.0 Å². The van der Waals surface area contributed by atoms with Crippen LogP contribution in [0.15, 0.2) is 47.4 Å². The number of carbonyl (C=O) groups excluding carboxylic acids is 1. The van der Waals surface area contributed by atoms with Crippen molar-refractivity contribution in [3.8, 4) is 5.75 Å². The highest BCUT2D eigenvalue weighted by Crippen LogP contribution is 2.43. The smallest absolute Gasteiger partial charge is 0.293 e. The Morgan fingerprint density at radius 3 is 2.65 bits per heavy atom. The van der Waals surface area contributed by atoms with E-state index in [1.165, 1.54) is 13.5 Å². The lowest BCUT2D eigenvalue weighted by Crippen LogP contribution is -2.41. The van der Waals surface area contributed by atoms with Crippen molar-refractivity contribution in [2.45, 2.75) is 39.2 Å². The molecule has 0 bridgehead atoms. The number of likely N-dealkylation sites (N-methyl/N-ethyl adjacent to an activating group) is 1. The first-order valence-corrected chi connectivity index (χ1v) is 12.9. The van der Waals surface area contributed by atoms with Crippen LogP contribution < -0.4 is 25.8 Å². The Kier molecular flexibility index (Phi) is 6.81. The third kappa shape index (κ3) is 5.00. The Morgan fingerprint density at radius 1 is 1.24 bits per heavy atom. The van der Waals surface area contributed by atoms with Gasteiger partial charge in [0.2, 0.25) is 5.95 Å². The number of aromatic nitrogens is 3. The number of anilines is 3. The summed E-state index contributed by atoms with van der Waals surface area (Å²) in [6, 6.07) is 7.24. The van der Waals surface area contributed by atoms with Crippen LogP contribution in [0.5, 0.6) is 5.75 Å². The summed E-state index contributed by atoms with van der Waals surface area (Å²) in [5.74, 6) is 0.981.